The summed E-state index contributed by atoms with van der Waals surface area (Å²) in [6.07, 6.45) is 5.15. The van der Waals surface area contributed by atoms with Gasteiger partial charge in [-0.15, -0.1) is 0 Å². The predicted molar refractivity (Wildman–Crippen MR) is 166 cm³/mol. The molecule has 3 unspecified atom stereocenters. The van der Waals surface area contributed by atoms with Crippen LogP contribution in [0, 0.1) is 10.1 Å². The van der Waals surface area contributed by atoms with Gasteiger partial charge in [0, 0.05) is 6.20 Å². The van der Waals surface area contributed by atoms with Gasteiger partial charge in [0.15, 0.2) is 0 Å². The third-order valence-electron chi connectivity index (χ3n) is 8.82. The fourth-order valence-electron chi connectivity index (χ4n) is 7.28. The smallest absolute Gasteiger partial charge is 0.298 e. The SMILES string of the molecule is C=CC1OC(c2ccncc2[N+](=O)[O-])=CC(O[Si](C(C)C)(C(C)C)C(C)C)C1O[Si](C(C)C)(C(C)C)C(C)C. The van der Waals surface area contributed by atoms with Crippen LogP contribution < -0.4 is 0 Å². The molecule has 2 rings (SSSR count). The highest BCUT2D eigenvalue weighted by atomic mass is 28.4. The van der Waals surface area contributed by atoms with Gasteiger partial charge < -0.3 is 13.6 Å². The number of nitro groups is 1. The van der Waals surface area contributed by atoms with E-state index in [1.165, 1.54) is 6.20 Å². The molecular weight excluding hydrogens is 525 g/mol. The van der Waals surface area contributed by atoms with Gasteiger partial charge >= 0.3 is 0 Å². The molecule has 9 heteroatoms. The van der Waals surface area contributed by atoms with Crippen molar-refractivity contribution in [2.75, 3.05) is 0 Å². The van der Waals surface area contributed by atoms with Crippen LogP contribution in [-0.2, 0) is 13.6 Å². The number of hydrogen-bond acceptors (Lipinski definition) is 6. The third-order valence-corrected chi connectivity index (χ3v) is 21.0. The lowest BCUT2D eigenvalue weighted by Crippen LogP contribution is -2.59. The Morgan fingerprint density at radius 2 is 1.36 bits per heavy atom. The van der Waals surface area contributed by atoms with E-state index in [4.69, 9.17) is 13.6 Å². The summed E-state index contributed by atoms with van der Waals surface area (Å²) < 4.78 is 21.2. The first-order valence-corrected chi connectivity index (χ1v) is 18.8. The molecule has 1 aliphatic rings. The predicted octanol–water partition coefficient (Wildman–Crippen LogP) is 9.04. The van der Waals surface area contributed by atoms with Gasteiger partial charge in [-0.3, -0.25) is 15.1 Å². The normalized spacial score (nSPS) is 20.8. The Hall–Kier alpha value is -1.82. The topological polar surface area (TPSA) is 83.7 Å². The number of rotatable bonds is 13. The van der Waals surface area contributed by atoms with E-state index in [0.29, 0.717) is 44.6 Å². The summed E-state index contributed by atoms with van der Waals surface area (Å²) in [4.78, 5) is 15.5. The number of ether oxygens (including phenoxy) is 1. The highest BCUT2D eigenvalue weighted by Crippen LogP contribution is 2.48. The molecule has 0 aromatic carbocycles. The Bertz CT molecular complexity index is 979. The summed E-state index contributed by atoms with van der Waals surface area (Å²) in [6.45, 7) is 31.3. The largest absolute Gasteiger partial charge is 0.483 e. The van der Waals surface area contributed by atoms with E-state index in [0.717, 1.165) is 0 Å². The lowest BCUT2D eigenvalue weighted by molar-refractivity contribution is -0.385. The quantitative estimate of drug-likeness (QED) is 0.101. The molecule has 1 aromatic rings. The van der Waals surface area contributed by atoms with Gasteiger partial charge in [-0.05, 0) is 51.5 Å². The molecule has 0 amide bonds. The Balaban J connectivity index is 2.83. The maximum atomic E-state index is 11.9. The van der Waals surface area contributed by atoms with Gasteiger partial charge in [-0.1, -0.05) is 89.7 Å². The van der Waals surface area contributed by atoms with E-state index in [9.17, 15) is 10.1 Å². The Kier molecular flexibility index (Phi) is 11.3. The molecule has 0 saturated heterocycles. The minimum atomic E-state index is -2.37. The van der Waals surface area contributed by atoms with Crippen LogP contribution in [0.4, 0.5) is 5.69 Å². The minimum Gasteiger partial charge on any atom is -0.483 e. The summed E-state index contributed by atoms with van der Waals surface area (Å²) >= 11 is 0. The van der Waals surface area contributed by atoms with Crippen LogP contribution in [0.25, 0.3) is 5.76 Å². The van der Waals surface area contributed by atoms with Crippen LogP contribution in [0.1, 0.15) is 88.6 Å². The molecule has 0 fully saturated rings. The highest BCUT2D eigenvalue weighted by molar-refractivity contribution is 6.78. The second-order valence-corrected chi connectivity index (χ2v) is 23.6. The lowest BCUT2D eigenvalue weighted by atomic mass is 10.0. The maximum absolute atomic E-state index is 11.9. The van der Waals surface area contributed by atoms with E-state index in [2.05, 4.69) is 94.6 Å². The molecule has 0 saturated carbocycles. The third kappa shape index (κ3) is 6.42. The lowest BCUT2D eigenvalue weighted by Gasteiger charge is -2.51. The Morgan fingerprint density at radius 1 is 0.897 bits per heavy atom. The van der Waals surface area contributed by atoms with Gasteiger partial charge in [-0.2, -0.15) is 0 Å². The number of pyridine rings is 1. The zero-order valence-electron chi connectivity index (χ0n) is 26.2. The molecule has 0 radical (unpaired) electrons. The van der Waals surface area contributed by atoms with Crippen molar-refractivity contribution in [3.8, 4) is 0 Å². The summed E-state index contributed by atoms with van der Waals surface area (Å²) in [7, 11) is -4.71. The number of nitrogens with zero attached hydrogens (tertiary/aromatic N) is 2. The van der Waals surface area contributed by atoms with Crippen molar-refractivity contribution < 1.29 is 18.5 Å². The molecule has 0 spiro atoms. The fraction of sp³-hybridized carbons (Fsp3) is 0.700. The van der Waals surface area contributed by atoms with Gasteiger partial charge in [0.1, 0.15) is 24.2 Å². The monoisotopic (exact) mass is 576 g/mol. The van der Waals surface area contributed by atoms with Gasteiger partial charge in [0.2, 0.25) is 16.6 Å². The molecule has 3 atom stereocenters. The highest BCUT2D eigenvalue weighted by Gasteiger charge is 2.53. The van der Waals surface area contributed by atoms with Crippen LogP contribution in [0.3, 0.4) is 0 Å². The molecule has 2 heterocycles. The van der Waals surface area contributed by atoms with E-state index >= 15 is 0 Å². The molecule has 1 aliphatic heterocycles. The summed E-state index contributed by atoms with van der Waals surface area (Å²) in [6, 6.07) is 1.63. The summed E-state index contributed by atoms with van der Waals surface area (Å²) in [5.41, 5.74) is 2.49. The standard InChI is InChI=1S/C30H52N2O5Si2/c1-14-27-30(37-39(22(8)9,23(10)11)24(12)13)29(36-38(19(2)3,20(4)5)21(6)7)17-28(35-27)25-15-16-31-18-26(25)32(33)34/h14-24,27,29-30H,1H2,2-13H3. The van der Waals surface area contributed by atoms with Crippen LogP contribution in [0.5, 0.6) is 0 Å². The first kappa shape index (κ1) is 33.4. The van der Waals surface area contributed by atoms with Crippen LogP contribution in [0.15, 0.2) is 37.2 Å². The van der Waals surface area contributed by atoms with Gasteiger partial charge in [0.25, 0.3) is 5.69 Å². The van der Waals surface area contributed by atoms with E-state index in [1.54, 1.807) is 18.3 Å². The molecule has 0 N–H and O–H groups in total. The van der Waals surface area contributed by atoms with Crippen molar-refractivity contribution >= 4 is 28.1 Å². The average molecular weight is 577 g/mol. The van der Waals surface area contributed by atoms with Crippen LogP contribution in [0.2, 0.25) is 33.2 Å². The second-order valence-electron chi connectivity index (χ2n) is 12.8. The van der Waals surface area contributed by atoms with Gasteiger partial charge in [-0.25, -0.2) is 0 Å². The average Bonchev–Trinajstić information content (AvgIpc) is 2.84. The van der Waals surface area contributed by atoms with Crippen molar-refractivity contribution in [1.29, 1.82) is 0 Å². The molecule has 0 aliphatic carbocycles. The minimum absolute atomic E-state index is 0.0972. The molecule has 1 aromatic heterocycles. The van der Waals surface area contributed by atoms with Crippen LogP contribution in [-0.4, -0.2) is 44.9 Å². The number of aromatic nitrogens is 1. The second kappa shape index (κ2) is 13.2. The first-order chi connectivity index (χ1) is 18.1. The zero-order valence-corrected chi connectivity index (χ0v) is 28.2. The first-order valence-electron chi connectivity index (χ1n) is 14.5. The summed E-state index contributed by atoms with van der Waals surface area (Å²) in [5, 5.41) is 11.9. The molecule has 0 bridgehead atoms. The zero-order chi connectivity index (χ0) is 29.9. The van der Waals surface area contributed by atoms with Crippen molar-refractivity contribution in [3.05, 3.63) is 52.9 Å². The summed E-state index contributed by atoms with van der Waals surface area (Å²) in [5.74, 6) is 0.420. The molecule has 220 valence electrons. The Morgan fingerprint density at radius 3 is 1.77 bits per heavy atom. The fourth-order valence-corrected chi connectivity index (χ4v) is 18.3. The van der Waals surface area contributed by atoms with Crippen molar-refractivity contribution in [2.45, 2.75) is 135 Å². The van der Waals surface area contributed by atoms with E-state index < -0.39 is 39.9 Å². The van der Waals surface area contributed by atoms with Gasteiger partial charge in [0.05, 0.1) is 16.6 Å². The van der Waals surface area contributed by atoms with Crippen LogP contribution >= 0.6 is 0 Å². The van der Waals surface area contributed by atoms with Crippen molar-refractivity contribution in [1.82, 2.24) is 4.98 Å². The molecule has 39 heavy (non-hydrogen) atoms. The van der Waals surface area contributed by atoms with E-state index in [-0.39, 0.29) is 5.69 Å². The van der Waals surface area contributed by atoms with Crippen molar-refractivity contribution in [2.24, 2.45) is 0 Å². The Labute approximate surface area is 238 Å². The van der Waals surface area contributed by atoms with Crippen molar-refractivity contribution in [3.63, 3.8) is 0 Å². The maximum Gasteiger partial charge on any atom is 0.298 e. The molecular formula is C30H52N2O5Si2. The molecule has 7 nitrogen and oxygen atoms in total. The van der Waals surface area contributed by atoms with E-state index in [1.807, 2.05) is 6.08 Å². The number of hydrogen-bond donors (Lipinski definition) is 0.